The Morgan fingerprint density at radius 2 is 2.21 bits per heavy atom. The number of ether oxygens (including phenoxy) is 1. The van der Waals surface area contributed by atoms with Gasteiger partial charge in [-0.3, -0.25) is 9.59 Å². The summed E-state index contributed by atoms with van der Waals surface area (Å²) in [5, 5.41) is 0. The fourth-order valence-electron chi connectivity index (χ4n) is 1.05. The summed E-state index contributed by atoms with van der Waals surface area (Å²) in [7, 11) is 1.22. The van der Waals surface area contributed by atoms with Crippen LogP contribution in [0.5, 0.6) is 5.75 Å². The Hall–Kier alpha value is -1.72. The molecule has 0 atom stereocenters. The number of nitrogens with one attached hydrogen (secondary N) is 1. The van der Waals surface area contributed by atoms with Gasteiger partial charge in [-0.1, -0.05) is 0 Å². The molecule has 1 N–H and O–H groups in total. The zero-order valence-electron chi connectivity index (χ0n) is 7.21. The first-order valence-corrected chi connectivity index (χ1v) is 3.64. The van der Waals surface area contributed by atoms with Crippen LogP contribution in [0.2, 0.25) is 0 Å². The molecule has 0 unspecified atom stereocenters. The highest BCUT2D eigenvalue weighted by atomic mass is 19.3. The highest BCUT2D eigenvalue weighted by Gasteiger charge is 2.20. The summed E-state index contributed by atoms with van der Waals surface area (Å²) < 4.78 is 29.4. The lowest BCUT2D eigenvalue weighted by atomic mass is 10.1. The fourth-order valence-corrected chi connectivity index (χ4v) is 1.05. The smallest absolute Gasteiger partial charge is 0.269 e. The lowest BCUT2D eigenvalue weighted by Crippen LogP contribution is -2.16. The summed E-state index contributed by atoms with van der Waals surface area (Å²) in [4.78, 5) is 23.5. The van der Waals surface area contributed by atoms with Crippen LogP contribution in [-0.2, 0) is 0 Å². The lowest BCUT2D eigenvalue weighted by Gasteiger charge is -2.06. The minimum atomic E-state index is -3.01. The maximum atomic E-state index is 12.4. The van der Waals surface area contributed by atoms with Crippen LogP contribution in [0.15, 0.2) is 11.0 Å². The maximum Gasteiger partial charge on any atom is 0.269 e. The van der Waals surface area contributed by atoms with E-state index in [9.17, 15) is 18.4 Å². The summed E-state index contributed by atoms with van der Waals surface area (Å²) >= 11 is 0. The third-order valence-electron chi connectivity index (χ3n) is 1.69. The van der Waals surface area contributed by atoms with Gasteiger partial charge in [0.15, 0.2) is 6.29 Å². The Morgan fingerprint density at radius 1 is 1.57 bits per heavy atom. The van der Waals surface area contributed by atoms with Gasteiger partial charge in [-0.05, 0) is 0 Å². The average molecular weight is 203 g/mol. The largest absolute Gasteiger partial charge is 0.494 e. The van der Waals surface area contributed by atoms with Crippen molar-refractivity contribution in [1.82, 2.24) is 4.98 Å². The van der Waals surface area contributed by atoms with Gasteiger partial charge in [-0.15, -0.1) is 0 Å². The van der Waals surface area contributed by atoms with E-state index in [0.717, 1.165) is 6.20 Å². The molecule has 0 saturated carbocycles. The van der Waals surface area contributed by atoms with Crippen LogP contribution in [0.3, 0.4) is 0 Å². The normalized spacial score (nSPS) is 10.3. The Morgan fingerprint density at radius 3 is 2.64 bits per heavy atom. The summed E-state index contributed by atoms with van der Waals surface area (Å²) in [6.07, 6.45) is -1.76. The van der Waals surface area contributed by atoms with Crippen LogP contribution in [0, 0.1) is 0 Å². The van der Waals surface area contributed by atoms with Crippen molar-refractivity contribution in [3.63, 3.8) is 0 Å². The SMILES string of the molecule is COc1c[nH]c(=O)c(C(F)F)c1C=O. The van der Waals surface area contributed by atoms with E-state index in [1.54, 1.807) is 0 Å². The number of carbonyl (C=O) groups excluding carboxylic acids is 1. The van der Waals surface area contributed by atoms with E-state index in [0.29, 0.717) is 0 Å². The topological polar surface area (TPSA) is 59.2 Å². The molecular weight excluding hydrogens is 196 g/mol. The van der Waals surface area contributed by atoms with Gasteiger partial charge in [0.25, 0.3) is 12.0 Å². The van der Waals surface area contributed by atoms with Crippen LogP contribution in [0.1, 0.15) is 22.3 Å². The molecule has 0 fully saturated rings. The summed E-state index contributed by atoms with van der Waals surface area (Å²) in [6.45, 7) is 0. The highest BCUT2D eigenvalue weighted by molar-refractivity contribution is 5.81. The quantitative estimate of drug-likeness (QED) is 0.749. The number of methoxy groups -OCH3 is 1. The van der Waals surface area contributed by atoms with Crippen LogP contribution in [0.25, 0.3) is 0 Å². The van der Waals surface area contributed by atoms with Crippen molar-refractivity contribution in [2.75, 3.05) is 7.11 Å². The van der Waals surface area contributed by atoms with Gasteiger partial charge in [0.05, 0.1) is 18.2 Å². The van der Waals surface area contributed by atoms with Gasteiger partial charge in [0.1, 0.15) is 5.75 Å². The number of aromatic amines is 1. The molecule has 76 valence electrons. The zero-order chi connectivity index (χ0) is 10.7. The number of pyridine rings is 1. The molecule has 1 heterocycles. The molecule has 0 radical (unpaired) electrons. The van der Waals surface area contributed by atoms with E-state index in [1.165, 1.54) is 7.11 Å². The molecule has 0 spiro atoms. The average Bonchev–Trinajstić information content (AvgIpc) is 2.16. The standard InChI is InChI=1S/C8H7F2NO3/c1-14-5-2-11-8(13)6(7(9)10)4(5)3-12/h2-3,7H,1H3,(H,11,13). The number of carbonyl (C=O) groups is 1. The number of halogens is 2. The summed E-state index contributed by atoms with van der Waals surface area (Å²) in [6, 6.07) is 0. The van der Waals surface area contributed by atoms with E-state index in [2.05, 4.69) is 9.72 Å². The molecule has 0 aliphatic rings. The number of hydrogen-bond donors (Lipinski definition) is 1. The van der Waals surface area contributed by atoms with E-state index < -0.39 is 23.1 Å². The van der Waals surface area contributed by atoms with Crippen molar-refractivity contribution < 1.29 is 18.3 Å². The van der Waals surface area contributed by atoms with Gasteiger partial charge in [-0.2, -0.15) is 0 Å². The zero-order valence-corrected chi connectivity index (χ0v) is 7.21. The first-order valence-electron chi connectivity index (χ1n) is 3.64. The van der Waals surface area contributed by atoms with Crippen LogP contribution in [-0.4, -0.2) is 18.4 Å². The Balaban J connectivity index is 3.51. The van der Waals surface area contributed by atoms with Crippen molar-refractivity contribution in [2.24, 2.45) is 0 Å². The Labute approximate surface area is 77.5 Å². The number of alkyl halides is 2. The molecule has 0 aliphatic heterocycles. The van der Waals surface area contributed by atoms with Gasteiger partial charge in [0, 0.05) is 6.20 Å². The molecule has 0 aromatic carbocycles. The second-order valence-corrected chi connectivity index (χ2v) is 2.43. The second-order valence-electron chi connectivity index (χ2n) is 2.43. The predicted molar refractivity (Wildman–Crippen MR) is 44.0 cm³/mol. The third kappa shape index (κ3) is 1.63. The van der Waals surface area contributed by atoms with E-state index in [4.69, 9.17) is 0 Å². The highest BCUT2D eigenvalue weighted by Crippen LogP contribution is 2.24. The molecule has 4 nitrogen and oxygen atoms in total. The number of H-pyrrole nitrogens is 1. The molecule has 1 rings (SSSR count). The third-order valence-corrected chi connectivity index (χ3v) is 1.69. The second kappa shape index (κ2) is 3.99. The Bertz CT molecular complexity index is 400. The molecule has 14 heavy (non-hydrogen) atoms. The molecule has 1 aromatic rings. The van der Waals surface area contributed by atoms with Crippen molar-refractivity contribution in [3.8, 4) is 5.75 Å². The molecule has 0 bridgehead atoms. The maximum absolute atomic E-state index is 12.4. The van der Waals surface area contributed by atoms with E-state index in [-0.39, 0.29) is 12.0 Å². The van der Waals surface area contributed by atoms with Crippen LogP contribution in [0.4, 0.5) is 8.78 Å². The van der Waals surface area contributed by atoms with Crippen molar-refractivity contribution in [2.45, 2.75) is 6.43 Å². The van der Waals surface area contributed by atoms with Crippen LogP contribution < -0.4 is 10.3 Å². The number of aldehydes is 1. The summed E-state index contributed by atoms with van der Waals surface area (Å²) in [5.74, 6) is -0.0742. The van der Waals surface area contributed by atoms with Crippen molar-refractivity contribution in [3.05, 3.63) is 27.7 Å². The fraction of sp³-hybridized carbons (Fsp3) is 0.250. The van der Waals surface area contributed by atoms with Crippen molar-refractivity contribution in [1.29, 1.82) is 0 Å². The van der Waals surface area contributed by atoms with E-state index >= 15 is 0 Å². The van der Waals surface area contributed by atoms with Gasteiger partial charge in [0.2, 0.25) is 0 Å². The lowest BCUT2D eigenvalue weighted by molar-refractivity contribution is 0.110. The van der Waals surface area contributed by atoms with Gasteiger partial charge in [-0.25, -0.2) is 8.78 Å². The minimum absolute atomic E-state index is 0.0742. The Kier molecular flexibility index (Phi) is 2.95. The predicted octanol–water partition coefficient (Wildman–Crippen LogP) is 1.13. The molecule has 0 aliphatic carbocycles. The van der Waals surface area contributed by atoms with Crippen molar-refractivity contribution >= 4 is 6.29 Å². The first kappa shape index (κ1) is 10.4. The number of rotatable bonds is 3. The van der Waals surface area contributed by atoms with E-state index in [1.807, 2.05) is 0 Å². The van der Waals surface area contributed by atoms with Crippen LogP contribution >= 0.6 is 0 Å². The summed E-state index contributed by atoms with van der Waals surface area (Å²) in [5.41, 5.74) is -2.26. The number of hydrogen-bond acceptors (Lipinski definition) is 3. The molecular formula is C8H7F2NO3. The molecule has 6 heteroatoms. The molecule has 1 aromatic heterocycles. The molecule has 0 saturated heterocycles. The first-order chi connectivity index (χ1) is 6.61. The van der Waals surface area contributed by atoms with Gasteiger partial charge < -0.3 is 9.72 Å². The number of aromatic nitrogens is 1. The van der Waals surface area contributed by atoms with Gasteiger partial charge >= 0.3 is 0 Å². The monoisotopic (exact) mass is 203 g/mol. The minimum Gasteiger partial charge on any atom is -0.494 e. The molecule has 0 amide bonds.